The van der Waals surface area contributed by atoms with Crippen molar-refractivity contribution in [3.8, 4) is 0 Å². The molecule has 84 valence electrons. The number of methoxy groups -OCH3 is 1. The van der Waals surface area contributed by atoms with E-state index in [1.165, 1.54) is 7.11 Å². The average Bonchev–Trinajstić information content (AvgIpc) is 2.71. The van der Waals surface area contributed by atoms with Crippen LogP contribution >= 0.6 is 0 Å². The van der Waals surface area contributed by atoms with E-state index in [1.807, 2.05) is 18.2 Å². The molecule has 0 aliphatic carbocycles. The molecule has 0 amide bonds. The summed E-state index contributed by atoms with van der Waals surface area (Å²) in [5.74, 6) is -0.637. The minimum Gasteiger partial charge on any atom is -0.466 e. The molecule has 1 aromatic rings. The van der Waals surface area contributed by atoms with Gasteiger partial charge in [-0.15, -0.1) is 0 Å². The monoisotopic (exact) mass is 221 g/mol. The lowest BCUT2D eigenvalue weighted by Gasteiger charge is -2.10. The van der Waals surface area contributed by atoms with Crippen LogP contribution in [0.1, 0.15) is 5.56 Å². The van der Waals surface area contributed by atoms with E-state index in [0.717, 1.165) is 5.56 Å². The number of esters is 1. The summed E-state index contributed by atoms with van der Waals surface area (Å²) in [5.41, 5.74) is 1.07. The smallest absolute Gasteiger partial charge is 0.353 e. The van der Waals surface area contributed by atoms with Crippen LogP contribution < -0.4 is 0 Å². The number of aliphatic hydroxyl groups excluding tert-OH is 1. The summed E-state index contributed by atoms with van der Waals surface area (Å²) in [6, 6.07) is 9.05. The summed E-state index contributed by atoms with van der Waals surface area (Å²) >= 11 is 0. The number of hydrogen-bond acceptors (Lipinski definition) is 5. The van der Waals surface area contributed by atoms with Gasteiger partial charge in [-0.2, -0.15) is 0 Å². The second kappa shape index (κ2) is 4.32. The molecule has 1 aliphatic rings. The highest BCUT2D eigenvalue weighted by molar-refractivity contribution is 6.06. The molecule has 5 nitrogen and oxygen atoms in total. The van der Waals surface area contributed by atoms with Gasteiger partial charge in [-0.05, 0) is 0 Å². The molecule has 0 spiro atoms. The molecule has 1 aromatic carbocycles. The number of nitrogens with zero attached hydrogens (tertiary/aromatic N) is 1. The van der Waals surface area contributed by atoms with Gasteiger partial charge >= 0.3 is 5.97 Å². The number of aliphatic hydroxyl groups is 1. The van der Waals surface area contributed by atoms with Crippen molar-refractivity contribution in [2.75, 3.05) is 7.11 Å². The normalized spacial score (nSPS) is 23.5. The third-order valence-electron chi connectivity index (χ3n) is 2.33. The van der Waals surface area contributed by atoms with Crippen molar-refractivity contribution in [2.24, 2.45) is 5.16 Å². The molecule has 2 atom stereocenters. The van der Waals surface area contributed by atoms with E-state index in [9.17, 15) is 9.90 Å². The van der Waals surface area contributed by atoms with Crippen LogP contribution in [-0.4, -0.2) is 36.1 Å². The average molecular weight is 221 g/mol. The third-order valence-corrected chi connectivity index (χ3v) is 2.33. The van der Waals surface area contributed by atoms with E-state index in [1.54, 1.807) is 12.1 Å². The predicted molar refractivity (Wildman–Crippen MR) is 55.9 cm³/mol. The van der Waals surface area contributed by atoms with Crippen LogP contribution in [0.25, 0.3) is 0 Å². The van der Waals surface area contributed by atoms with E-state index in [-0.39, 0.29) is 0 Å². The molecule has 0 saturated carbocycles. The Morgan fingerprint density at radius 2 is 2.12 bits per heavy atom. The van der Waals surface area contributed by atoms with Crippen molar-refractivity contribution in [1.29, 1.82) is 0 Å². The van der Waals surface area contributed by atoms with E-state index in [2.05, 4.69) is 9.89 Å². The predicted octanol–water partition coefficient (Wildman–Crippen LogP) is 0.323. The number of rotatable bonds is 2. The molecule has 16 heavy (non-hydrogen) atoms. The second-order valence-electron chi connectivity index (χ2n) is 3.34. The first-order valence-electron chi connectivity index (χ1n) is 4.79. The maximum atomic E-state index is 11.2. The first kappa shape index (κ1) is 10.6. The van der Waals surface area contributed by atoms with E-state index in [0.29, 0.717) is 5.71 Å². The highest BCUT2D eigenvalue weighted by atomic mass is 16.7. The van der Waals surface area contributed by atoms with Gasteiger partial charge in [-0.3, -0.25) is 0 Å². The Morgan fingerprint density at radius 3 is 2.75 bits per heavy atom. The second-order valence-corrected chi connectivity index (χ2v) is 3.34. The van der Waals surface area contributed by atoms with Crippen molar-refractivity contribution >= 4 is 11.7 Å². The number of benzene rings is 1. The molecule has 1 aliphatic heterocycles. The summed E-state index contributed by atoms with van der Waals surface area (Å²) in [5, 5.41) is 13.6. The summed E-state index contributed by atoms with van der Waals surface area (Å²) in [4.78, 5) is 16.1. The van der Waals surface area contributed by atoms with E-state index >= 15 is 0 Å². The summed E-state index contributed by atoms with van der Waals surface area (Å²) in [6.07, 6.45) is -2.16. The number of carbonyl (C=O) groups excluding carboxylic acids is 1. The van der Waals surface area contributed by atoms with Gasteiger partial charge < -0.3 is 14.7 Å². The highest BCUT2D eigenvalue weighted by Gasteiger charge is 2.39. The highest BCUT2D eigenvalue weighted by Crippen LogP contribution is 2.18. The molecular formula is C11H11NO4. The fourth-order valence-corrected chi connectivity index (χ4v) is 1.49. The van der Waals surface area contributed by atoms with Gasteiger partial charge in [0.15, 0.2) is 6.10 Å². The maximum Gasteiger partial charge on any atom is 0.353 e. The largest absolute Gasteiger partial charge is 0.466 e. The van der Waals surface area contributed by atoms with Crippen LogP contribution in [0, 0.1) is 0 Å². The molecule has 0 aromatic heterocycles. The summed E-state index contributed by atoms with van der Waals surface area (Å²) in [7, 11) is 1.24. The molecule has 1 N–H and O–H groups in total. The third kappa shape index (κ3) is 1.77. The molecule has 0 saturated heterocycles. The van der Waals surface area contributed by atoms with Crippen molar-refractivity contribution < 1.29 is 19.5 Å². The van der Waals surface area contributed by atoms with E-state index in [4.69, 9.17) is 4.84 Å². The standard InChI is InChI=1S/C11H11NO4/c1-15-11(14)10-9(13)8(12-16-10)7-5-3-2-4-6-7/h2-6,9-10,13H,1H3/t9-,10-/m1/s1. The molecule has 1 heterocycles. The van der Waals surface area contributed by atoms with Gasteiger partial charge in [0.25, 0.3) is 6.10 Å². The lowest BCUT2D eigenvalue weighted by molar-refractivity contribution is -0.156. The first-order valence-corrected chi connectivity index (χ1v) is 4.79. The maximum absolute atomic E-state index is 11.2. The summed E-state index contributed by atoms with van der Waals surface area (Å²) in [6.45, 7) is 0. The zero-order valence-electron chi connectivity index (χ0n) is 8.66. The van der Waals surface area contributed by atoms with Crippen molar-refractivity contribution in [3.05, 3.63) is 35.9 Å². The first-order chi connectivity index (χ1) is 7.74. The fourth-order valence-electron chi connectivity index (χ4n) is 1.49. The Labute approximate surface area is 92.3 Å². The van der Waals surface area contributed by atoms with Crippen LogP contribution in [0.15, 0.2) is 35.5 Å². The Bertz CT molecular complexity index is 415. The molecule has 0 fully saturated rings. The van der Waals surface area contributed by atoms with Crippen molar-refractivity contribution in [2.45, 2.75) is 12.2 Å². The number of hydrogen-bond donors (Lipinski definition) is 1. The minimum atomic E-state index is -1.09. The lowest BCUT2D eigenvalue weighted by atomic mass is 10.0. The molecule has 5 heteroatoms. The number of ether oxygens (including phenoxy) is 1. The van der Waals surface area contributed by atoms with Gasteiger partial charge in [-0.1, -0.05) is 35.5 Å². The van der Waals surface area contributed by atoms with E-state index < -0.39 is 18.2 Å². The topological polar surface area (TPSA) is 68.1 Å². The Morgan fingerprint density at radius 1 is 1.44 bits per heavy atom. The molecule has 0 radical (unpaired) electrons. The van der Waals surface area contributed by atoms with Crippen molar-refractivity contribution in [3.63, 3.8) is 0 Å². The van der Waals surface area contributed by atoms with Crippen LogP contribution in [0.4, 0.5) is 0 Å². The van der Waals surface area contributed by atoms with Gasteiger partial charge in [0.05, 0.1) is 7.11 Å². The Kier molecular flexibility index (Phi) is 2.87. The van der Waals surface area contributed by atoms with Gasteiger partial charge in [0, 0.05) is 5.56 Å². The SMILES string of the molecule is COC(=O)[C@@H]1ON=C(c2ccccc2)[C@H]1O. The van der Waals surface area contributed by atoms with Crippen molar-refractivity contribution in [1.82, 2.24) is 0 Å². The summed E-state index contributed by atoms with van der Waals surface area (Å²) < 4.78 is 4.49. The quantitative estimate of drug-likeness (QED) is 0.730. The van der Waals surface area contributed by atoms with Crippen LogP contribution in [0.5, 0.6) is 0 Å². The molecule has 0 unspecified atom stereocenters. The molecule has 2 rings (SSSR count). The van der Waals surface area contributed by atoms with Crippen LogP contribution in [-0.2, 0) is 14.4 Å². The molecule has 0 bridgehead atoms. The van der Waals surface area contributed by atoms with Gasteiger partial charge in [0.2, 0.25) is 0 Å². The number of oxime groups is 1. The van der Waals surface area contributed by atoms with Crippen LogP contribution in [0.2, 0.25) is 0 Å². The number of carbonyl (C=O) groups is 1. The Hall–Kier alpha value is -1.88. The fraction of sp³-hybridized carbons (Fsp3) is 0.273. The zero-order valence-corrected chi connectivity index (χ0v) is 8.66. The van der Waals surface area contributed by atoms with Gasteiger partial charge in [0.1, 0.15) is 5.71 Å². The Balaban J connectivity index is 2.19. The zero-order chi connectivity index (χ0) is 11.5. The van der Waals surface area contributed by atoms with Gasteiger partial charge in [-0.25, -0.2) is 4.79 Å². The minimum absolute atomic E-state index is 0.344. The van der Waals surface area contributed by atoms with Crippen LogP contribution in [0.3, 0.4) is 0 Å². The molecular weight excluding hydrogens is 210 g/mol. The lowest BCUT2D eigenvalue weighted by Crippen LogP contribution is -2.36.